The fourth-order valence-electron chi connectivity index (χ4n) is 3.37. The Hall–Kier alpha value is -2.28. The van der Waals surface area contributed by atoms with Gasteiger partial charge in [0.1, 0.15) is 5.75 Å². The minimum Gasteiger partial charge on any atom is -0.507 e. The largest absolute Gasteiger partial charge is 0.507 e. The Morgan fingerprint density at radius 1 is 0.682 bits per heavy atom. The van der Waals surface area contributed by atoms with Crippen molar-refractivity contribution in [3.63, 3.8) is 0 Å². The first-order valence-corrected chi connectivity index (χ1v) is 7.70. The molecule has 0 radical (unpaired) electrons. The van der Waals surface area contributed by atoms with Gasteiger partial charge in [-0.3, -0.25) is 0 Å². The molecule has 0 fully saturated rings. The lowest BCUT2D eigenvalue weighted by Crippen LogP contribution is -1.96. The predicted molar refractivity (Wildman–Crippen MR) is 94.7 cm³/mol. The van der Waals surface area contributed by atoms with Crippen LogP contribution in [0, 0.1) is 34.6 Å². The van der Waals surface area contributed by atoms with E-state index in [9.17, 15) is 5.11 Å². The average molecular weight is 290 g/mol. The highest BCUT2D eigenvalue weighted by Gasteiger charge is 2.16. The summed E-state index contributed by atoms with van der Waals surface area (Å²) in [6, 6.07) is 12.4. The molecule has 0 spiro atoms. The van der Waals surface area contributed by atoms with E-state index < -0.39 is 0 Å². The van der Waals surface area contributed by atoms with Crippen molar-refractivity contribution in [3.05, 3.63) is 64.2 Å². The molecule has 0 aromatic heterocycles. The Bertz CT molecular complexity index is 888. The number of aromatic hydroxyl groups is 1. The van der Waals surface area contributed by atoms with Gasteiger partial charge in [0, 0.05) is 5.56 Å². The van der Waals surface area contributed by atoms with Crippen molar-refractivity contribution in [1.82, 2.24) is 0 Å². The molecule has 1 nitrogen and oxygen atoms in total. The molecule has 0 saturated carbocycles. The molecule has 0 saturated heterocycles. The Labute approximate surface area is 132 Å². The molecule has 22 heavy (non-hydrogen) atoms. The molecule has 0 aliphatic carbocycles. The Morgan fingerprint density at radius 2 is 1.41 bits per heavy atom. The van der Waals surface area contributed by atoms with E-state index in [2.05, 4.69) is 58.9 Å². The number of hydrogen-bond acceptors (Lipinski definition) is 1. The minimum absolute atomic E-state index is 0.353. The molecule has 3 rings (SSSR count). The highest BCUT2D eigenvalue weighted by atomic mass is 16.3. The van der Waals surface area contributed by atoms with Gasteiger partial charge in [0.25, 0.3) is 0 Å². The Balaban J connectivity index is 2.46. The molecule has 0 amide bonds. The van der Waals surface area contributed by atoms with Gasteiger partial charge in [-0.1, -0.05) is 35.9 Å². The summed E-state index contributed by atoms with van der Waals surface area (Å²) < 4.78 is 0. The third-order valence-electron chi connectivity index (χ3n) is 4.76. The SMILES string of the molecule is Cc1ccc2c(-c3c(C)cc(C)c(C)c3C)c(O)ccc2c1. The van der Waals surface area contributed by atoms with Crippen molar-refractivity contribution in [2.75, 3.05) is 0 Å². The van der Waals surface area contributed by atoms with Crippen molar-refractivity contribution in [2.24, 2.45) is 0 Å². The van der Waals surface area contributed by atoms with Crippen LogP contribution in [0.15, 0.2) is 36.4 Å². The number of benzene rings is 3. The highest BCUT2D eigenvalue weighted by Crippen LogP contribution is 2.41. The lowest BCUT2D eigenvalue weighted by Gasteiger charge is -2.18. The van der Waals surface area contributed by atoms with Crippen LogP contribution < -0.4 is 0 Å². The summed E-state index contributed by atoms with van der Waals surface area (Å²) in [7, 11) is 0. The zero-order chi connectivity index (χ0) is 16.0. The standard InChI is InChI=1S/C21H22O/c1-12-6-8-18-17(10-12)7-9-19(22)21(18)20-14(3)11-13(2)15(4)16(20)5/h6-11,22H,1-5H3. The monoisotopic (exact) mass is 290 g/mol. The van der Waals surface area contributed by atoms with Gasteiger partial charge in [-0.15, -0.1) is 0 Å². The van der Waals surface area contributed by atoms with Gasteiger partial charge in [0.15, 0.2) is 0 Å². The summed E-state index contributed by atoms with van der Waals surface area (Å²) >= 11 is 0. The fraction of sp³-hybridized carbons (Fsp3) is 0.238. The van der Waals surface area contributed by atoms with Crippen LogP contribution in [0.25, 0.3) is 21.9 Å². The second-order valence-electron chi connectivity index (χ2n) is 6.32. The zero-order valence-corrected chi connectivity index (χ0v) is 13.9. The van der Waals surface area contributed by atoms with Crippen LogP contribution in [0.2, 0.25) is 0 Å². The summed E-state index contributed by atoms with van der Waals surface area (Å²) in [6.07, 6.45) is 0. The molecule has 0 unspecified atom stereocenters. The zero-order valence-electron chi connectivity index (χ0n) is 13.9. The number of aryl methyl sites for hydroxylation is 3. The second-order valence-corrected chi connectivity index (χ2v) is 6.32. The minimum atomic E-state index is 0.353. The maximum absolute atomic E-state index is 10.5. The van der Waals surface area contributed by atoms with E-state index in [0.29, 0.717) is 5.75 Å². The third-order valence-corrected chi connectivity index (χ3v) is 4.76. The van der Waals surface area contributed by atoms with Gasteiger partial charge in [-0.2, -0.15) is 0 Å². The van der Waals surface area contributed by atoms with Crippen LogP contribution in [-0.2, 0) is 0 Å². The van der Waals surface area contributed by atoms with E-state index in [-0.39, 0.29) is 0 Å². The average Bonchev–Trinajstić information content (AvgIpc) is 2.47. The van der Waals surface area contributed by atoms with Crippen LogP contribution in [0.4, 0.5) is 0 Å². The topological polar surface area (TPSA) is 20.2 Å². The summed E-state index contributed by atoms with van der Waals surface area (Å²) in [6.45, 7) is 10.7. The van der Waals surface area contributed by atoms with Crippen LogP contribution in [0.3, 0.4) is 0 Å². The number of phenols is 1. The van der Waals surface area contributed by atoms with Gasteiger partial charge >= 0.3 is 0 Å². The molecule has 112 valence electrons. The van der Waals surface area contributed by atoms with Gasteiger partial charge in [-0.05, 0) is 79.3 Å². The first kappa shape index (κ1) is 14.6. The fourth-order valence-corrected chi connectivity index (χ4v) is 3.37. The van der Waals surface area contributed by atoms with Gasteiger partial charge in [0.05, 0.1) is 0 Å². The normalized spacial score (nSPS) is 11.1. The lowest BCUT2D eigenvalue weighted by molar-refractivity contribution is 0.478. The second kappa shape index (κ2) is 5.17. The Kier molecular flexibility index (Phi) is 3.44. The number of fused-ring (bicyclic) bond motifs is 1. The molecule has 0 bridgehead atoms. The Morgan fingerprint density at radius 3 is 2.14 bits per heavy atom. The molecule has 0 heterocycles. The maximum Gasteiger partial charge on any atom is 0.124 e. The first-order valence-electron chi connectivity index (χ1n) is 7.70. The number of hydrogen-bond donors (Lipinski definition) is 1. The van der Waals surface area contributed by atoms with Crippen molar-refractivity contribution < 1.29 is 5.11 Å². The smallest absolute Gasteiger partial charge is 0.124 e. The first-order chi connectivity index (χ1) is 10.4. The van der Waals surface area contributed by atoms with Gasteiger partial charge in [0.2, 0.25) is 0 Å². The molecule has 1 heteroatoms. The molecular weight excluding hydrogens is 268 g/mol. The van der Waals surface area contributed by atoms with Crippen LogP contribution >= 0.6 is 0 Å². The van der Waals surface area contributed by atoms with Gasteiger partial charge in [-0.25, -0.2) is 0 Å². The number of phenolic OH excluding ortho intramolecular Hbond substituents is 1. The molecular formula is C21H22O. The summed E-state index contributed by atoms with van der Waals surface area (Å²) in [4.78, 5) is 0. The molecule has 1 N–H and O–H groups in total. The summed E-state index contributed by atoms with van der Waals surface area (Å²) in [5, 5.41) is 12.8. The molecule has 0 atom stereocenters. The van der Waals surface area contributed by atoms with E-state index in [0.717, 1.165) is 16.5 Å². The van der Waals surface area contributed by atoms with Crippen LogP contribution in [-0.4, -0.2) is 5.11 Å². The molecule has 3 aromatic carbocycles. The van der Waals surface area contributed by atoms with Crippen LogP contribution in [0.1, 0.15) is 27.8 Å². The van der Waals surface area contributed by atoms with Crippen molar-refractivity contribution >= 4 is 10.8 Å². The summed E-state index contributed by atoms with van der Waals surface area (Å²) in [5.74, 6) is 0.353. The predicted octanol–water partition coefficient (Wildman–Crippen LogP) is 5.75. The third kappa shape index (κ3) is 2.18. The highest BCUT2D eigenvalue weighted by molar-refractivity contribution is 6.01. The quantitative estimate of drug-likeness (QED) is 0.604. The molecule has 3 aromatic rings. The van der Waals surface area contributed by atoms with Crippen molar-refractivity contribution in [3.8, 4) is 16.9 Å². The lowest BCUT2D eigenvalue weighted by atomic mass is 9.87. The molecule has 0 aliphatic rings. The number of rotatable bonds is 1. The van der Waals surface area contributed by atoms with Gasteiger partial charge < -0.3 is 5.11 Å². The van der Waals surface area contributed by atoms with E-state index in [4.69, 9.17) is 0 Å². The van der Waals surface area contributed by atoms with E-state index in [1.807, 2.05) is 12.1 Å². The van der Waals surface area contributed by atoms with Crippen molar-refractivity contribution in [1.29, 1.82) is 0 Å². The maximum atomic E-state index is 10.5. The van der Waals surface area contributed by atoms with E-state index in [1.54, 1.807) is 0 Å². The van der Waals surface area contributed by atoms with E-state index in [1.165, 1.54) is 33.2 Å². The van der Waals surface area contributed by atoms with Crippen molar-refractivity contribution in [2.45, 2.75) is 34.6 Å². The summed E-state index contributed by atoms with van der Waals surface area (Å²) in [5.41, 5.74) is 8.41. The van der Waals surface area contributed by atoms with Crippen LogP contribution in [0.5, 0.6) is 5.75 Å². The van der Waals surface area contributed by atoms with E-state index >= 15 is 0 Å². The molecule has 0 aliphatic heterocycles.